The number of fused-ring (bicyclic) bond motifs is 1. The Morgan fingerprint density at radius 3 is 2.27 bits per heavy atom. The van der Waals surface area contributed by atoms with Crippen molar-refractivity contribution in [3.63, 3.8) is 0 Å². The van der Waals surface area contributed by atoms with Gasteiger partial charge in [0.2, 0.25) is 11.2 Å². The quantitative estimate of drug-likeness (QED) is 0.457. The van der Waals surface area contributed by atoms with Gasteiger partial charge in [0, 0.05) is 0 Å². The van der Waals surface area contributed by atoms with Gasteiger partial charge in [0.05, 0.1) is 24.0 Å². The minimum atomic E-state index is -5.00. The van der Waals surface area contributed by atoms with Gasteiger partial charge >= 0.3 is 6.18 Å². The third-order valence-corrected chi connectivity index (χ3v) is 5.20. The lowest BCUT2D eigenvalue weighted by Crippen LogP contribution is -3.10. The molecule has 2 aromatic carbocycles. The van der Waals surface area contributed by atoms with Gasteiger partial charge in [-0.15, -0.1) is 0 Å². The smallest absolute Gasteiger partial charge is 0.453 e. The number of halogens is 3. The van der Waals surface area contributed by atoms with Gasteiger partial charge in [-0.1, -0.05) is 32.2 Å². The van der Waals surface area contributed by atoms with Crippen LogP contribution in [0.1, 0.15) is 23.8 Å². The molecule has 33 heavy (non-hydrogen) atoms. The lowest BCUT2D eigenvalue weighted by molar-refractivity contribution is -0.902. The highest BCUT2D eigenvalue weighted by Crippen LogP contribution is 2.39. The average Bonchev–Trinajstić information content (AvgIpc) is 2.77. The molecule has 0 aliphatic heterocycles. The molecule has 0 saturated carbocycles. The Labute approximate surface area is 189 Å². The molecule has 0 fully saturated rings. The summed E-state index contributed by atoms with van der Waals surface area (Å²) in [6.45, 7) is 10.3. The van der Waals surface area contributed by atoms with E-state index in [0.29, 0.717) is 13.1 Å². The number of aromatic hydroxyl groups is 1. The number of nitrogens with one attached hydrogen (secondary N) is 1. The van der Waals surface area contributed by atoms with Crippen LogP contribution < -0.4 is 15.1 Å². The van der Waals surface area contributed by atoms with E-state index in [1.165, 1.54) is 24.3 Å². The number of aryl methyl sites for hydroxylation is 1. The lowest BCUT2D eigenvalue weighted by Gasteiger charge is -2.19. The normalized spacial score (nSPS) is 11.7. The number of hydrogen-bond donors (Lipinski definition) is 2. The molecule has 1 heterocycles. The van der Waals surface area contributed by atoms with Crippen LogP contribution in [0.2, 0.25) is 0 Å². The van der Waals surface area contributed by atoms with Crippen molar-refractivity contribution in [1.82, 2.24) is 0 Å². The second kappa shape index (κ2) is 9.95. The molecular weight excluding hydrogens is 435 g/mol. The van der Waals surface area contributed by atoms with Crippen LogP contribution in [-0.4, -0.2) is 18.2 Å². The first-order valence-corrected chi connectivity index (χ1v) is 10.4. The van der Waals surface area contributed by atoms with Crippen molar-refractivity contribution in [2.45, 2.75) is 26.1 Å². The number of alkyl halides is 3. The van der Waals surface area contributed by atoms with Crippen LogP contribution in [0.5, 0.6) is 17.2 Å². The van der Waals surface area contributed by atoms with E-state index in [4.69, 9.17) is 9.15 Å². The third-order valence-electron chi connectivity index (χ3n) is 5.20. The molecule has 0 radical (unpaired) electrons. The summed E-state index contributed by atoms with van der Waals surface area (Å²) in [5, 5.41) is 10.3. The fourth-order valence-electron chi connectivity index (χ4n) is 3.53. The average molecular weight is 460 g/mol. The van der Waals surface area contributed by atoms with Crippen molar-refractivity contribution < 1.29 is 32.3 Å². The SMILES string of the molecule is C=CC[NH+](CC=C)Cc1c(O)ccc2c(=O)c(Oc3ccc(CC)cc3)c(C(F)(F)F)oc12. The Bertz CT molecular complexity index is 1200. The standard InChI is InChI=1S/C25H24F3NO4/c1-4-13-29(14-5-2)15-19-20(30)12-11-18-21(31)23(24(25(26,27)28)33-22(18)19)32-17-9-7-16(6-3)8-10-17/h4-5,7-12,30H,1-2,6,13-15H2,3H3/p+1. The predicted octanol–water partition coefficient (Wildman–Crippen LogP) is 4.63. The molecule has 0 unspecified atom stereocenters. The summed E-state index contributed by atoms with van der Waals surface area (Å²) in [4.78, 5) is 14.0. The summed E-state index contributed by atoms with van der Waals surface area (Å²) in [6.07, 6.45) is -0.957. The molecule has 0 atom stereocenters. The van der Waals surface area contributed by atoms with Gasteiger partial charge in [0.1, 0.15) is 18.0 Å². The fraction of sp³-hybridized carbons (Fsp3) is 0.240. The van der Waals surface area contributed by atoms with Crippen LogP contribution >= 0.6 is 0 Å². The largest absolute Gasteiger partial charge is 0.507 e. The summed E-state index contributed by atoms with van der Waals surface area (Å²) in [5.74, 6) is -2.69. The maximum Gasteiger partial charge on any atom is 0.453 e. The van der Waals surface area contributed by atoms with Gasteiger partial charge in [0.25, 0.3) is 5.76 Å². The number of benzene rings is 2. The summed E-state index contributed by atoms with van der Waals surface area (Å²) in [7, 11) is 0. The van der Waals surface area contributed by atoms with Gasteiger partial charge in [-0.2, -0.15) is 13.2 Å². The molecule has 3 aromatic rings. The van der Waals surface area contributed by atoms with Crippen LogP contribution in [0.3, 0.4) is 0 Å². The maximum absolute atomic E-state index is 13.9. The van der Waals surface area contributed by atoms with E-state index >= 15 is 0 Å². The highest BCUT2D eigenvalue weighted by Gasteiger charge is 2.41. The minimum Gasteiger partial charge on any atom is -0.507 e. The van der Waals surface area contributed by atoms with E-state index in [2.05, 4.69) is 13.2 Å². The van der Waals surface area contributed by atoms with E-state index in [1.807, 2.05) is 6.92 Å². The summed E-state index contributed by atoms with van der Waals surface area (Å²) in [6, 6.07) is 8.90. The first-order chi connectivity index (χ1) is 15.7. The Morgan fingerprint density at radius 1 is 1.09 bits per heavy atom. The first kappa shape index (κ1) is 24.1. The molecule has 0 spiro atoms. The van der Waals surface area contributed by atoms with E-state index in [-0.39, 0.29) is 34.6 Å². The molecule has 0 amide bonds. The highest BCUT2D eigenvalue weighted by molar-refractivity contribution is 5.83. The van der Waals surface area contributed by atoms with Gasteiger partial charge < -0.3 is 19.2 Å². The van der Waals surface area contributed by atoms with Gasteiger partial charge in [-0.05, 0) is 48.4 Å². The van der Waals surface area contributed by atoms with E-state index in [0.717, 1.165) is 16.9 Å². The Hall–Kier alpha value is -3.52. The Kier molecular flexibility index (Phi) is 7.28. The third kappa shape index (κ3) is 5.28. The number of hydrogen-bond acceptors (Lipinski definition) is 4. The zero-order chi connectivity index (χ0) is 24.2. The van der Waals surface area contributed by atoms with Crippen LogP contribution in [-0.2, 0) is 19.1 Å². The molecule has 5 nitrogen and oxygen atoms in total. The van der Waals surface area contributed by atoms with Crippen LogP contribution in [0.25, 0.3) is 11.0 Å². The van der Waals surface area contributed by atoms with Crippen molar-refractivity contribution in [2.24, 2.45) is 0 Å². The van der Waals surface area contributed by atoms with Crippen molar-refractivity contribution in [3.8, 4) is 17.2 Å². The number of quaternary nitrogens is 1. The lowest BCUT2D eigenvalue weighted by atomic mass is 10.1. The van der Waals surface area contributed by atoms with Crippen LogP contribution in [0.4, 0.5) is 13.2 Å². The number of phenols is 1. The molecular formula is C25H25F3NO4+. The summed E-state index contributed by atoms with van der Waals surface area (Å²) in [5.41, 5.74) is -0.243. The van der Waals surface area contributed by atoms with Crippen molar-refractivity contribution >= 4 is 11.0 Å². The molecule has 174 valence electrons. The van der Waals surface area contributed by atoms with Gasteiger partial charge in [-0.3, -0.25) is 4.79 Å². The highest BCUT2D eigenvalue weighted by atomic mass is 19.4. The molecule has 0 bridgehead atoms. The maximum atomic E-state index is 13.9. The summed E-state index contributed by atoms with van der Waals surface area (Å²) < 4.78 is 52.4. The van der Waals surface area contributed by atoms with Crippen molar-refractivity contribution in [1.29, 1.82) is 0 Å². The molecule has 0 aliphatic carbocycles. The van der Waals surface area contributed by atoms with Gasteiger partial charge in [-0.25, -0.2) is 0 Å². The van der Waals surface area contributed by atoms with Crippen LogP contribution in [0, 0.1) is 0 Å². The molecule has 3 rings (SSSR count). The van der Waals surface area contributed by atoms with Crippen molar-refractivity contribution in [2.75, 3.05) is 13.1 Å². The minimum absolute atomic E-state index is 0.0796. The fourth-order valence-corrected chi connectivity index (χ4v) is 3.53. The molecule has 8 heteroatoms. The Morgan fingerprint density at radius 2 is 1.73 bits per heavy atom. The number of phenolic OH excluding ortho intramolecular Hbond substituents is 1. The second-order valence-electron chi connectivity index (χ2n) is 7.54. The molecule has 0 saturated heterocycles. The molecule has 0 aliphatic rings. The zero-order valence-electron chi connectivity index (χ0n) is 18.2. The molecule has 1 aromatic heterocycles. The molecule has 2 N–H and O–H groups in total. The zero-order valence-corrected chi connectivity index (χ0v) is 18.2. The van der Waals surface area contributed by atoms with Crippen molar-refractivity contribution in [3.05, 3.63) is 88.8 Å². The second-order valence-corrected chi connectivity index (χ2v) is 7.54. The number of rotatable bonds is 9. The van der Waals surface area contributed by atoms with E-state index in [1.54, 1.807) is 24.3 Å². The Balaban J connectivity index is 2.20. The topological polar surface area (TPSA) is 64.1 Å². The predicted molar refractivity (Wildman–Crippen MR) is 120 cm³/mol. The van der Waals surface area contributed by atoms with Gasteiger partial charge in [0.15, 0.2) is 5.58 Å². The van der Waals surface area contributed by atoms with Crippen LogP contribution in [0.15, 0.2) is 70.9 Å². The number of ether oxygens (including phenoxy) is 1. The monoisotopic (exact) mass is 460 g/mol. The first-order valence-electron chi connectivity index (χ1n) is 10.4. The van der Waals surface area contributed by atoms with E-state index < -0.39 is 23.1 Å². The summed E-state index contributed by atoms with van der Waals surface area (Å²) >= 11 is 0. The van der Waals surface area contributed by atoms with E-state index in [9.17, 15) is 23.1 Å².